The van der Waals surface area contributed by atoms with Crippen LogP contribution in [-0.4, -0.2) is 47.1 Å². The predicted molar refractivity (Wildman–Crippen MR) is 81.0 cm³/mol. The number of nitrogens with zero attached hydrogens (tertiary/aromatic N) is 1. The summed E-state index contributed by atoms with van der Waals surface area (Å²) in [5, 5.41) is 12.3. The lowest BCUT2D eigenvalue weighted by atomic mass is 9.86. The number of carboxylic acid groups (broad SMARTS) is 1. The van der Waals surface area contributed by atoms with Gasteiger partial charge in [-0.05, 0) is 45.1 Å². The second-order valence-corrected chi connectivity index (χ2v) is 6.73. The van der Waals surface area contributed by atoms with E-state index in [2.05, 4.69) is 12.2 Å². The highest BCUT2D eigenvalue weighted by atomic mass is 16.4. The van der Waals surface area contributed by atoms with E-state index in [-0.39, 0.29) is 23.9 Å². The molecule has 4 unspecified atom stereocenters. The van der Waals surface area contributed by atoms with E-state index in [1.165, 1.54) is 19.3 Å². The standard InChI is InChI=1S/C16H28N2O3/c1-11-6-3-4-8-14(11)17-15(19)12(2)18-9-5-7-13(10-18)16(20)21/h11-14H,3-10H2,1-2H3,(H,17,19)(H,20,21). The van der Waals surface area contributed by atoms with Gasteiger partial charge >= 0.3 is 5.97 Å². The molecule has 0 aromatic carbocycles. The first-order valence-corrected chi connectivity index (χ1v) is 8.26. The van der Waals surface area contributed by atoms with Crippen LogP contribution in [0.3, 0.4) is 0 Å². The Kier molecular flexibility index (Phi) is 5.62. The topological polar surface area (TPSA) is 69.6 Å². The quantitative estimate of drug-likeness (QED) is 0.831. The number of carbonyl (C=O) groups excluding carboxylic acids is 1. The Labute approximate surface area is 127 Å². The van der Waals surface area contributed by atoms with Crippen molar-refractivity contribution in [3.05, 3.63) is 0 Å². The van der Waals surface area contributed by atoms with Crippen LogP contribution in [0.15, 0.2) is 0 Å². The van der Waals surface area contributed by atoms with Gasteiger partial charge in [0.2, 0.25) is 5.91 Å². The van der Waals surface area contributed by atoms with Crippen molar-refractivity contribution < 1.29 is 14.7 Å². The van der Waals surface area contributed by atoms with Crippen LogP contribution in [0.5, 0.6) is 0 Å². The lowest BCUT2D eigenvalue weighted by Gasteiger charge is -2.36. The Hall–Kier alpha value is -1.10. The van der Waals surface area contributed by atoms with E-state index < -0.39 is 5.97 Å². The van der Waals surface area contributed by atoms with Crippen LogP contribution in [0.4, 0.5) is 0 Å². The van der Waals surface area contributed by atoms with Crippen LogP contribution in [0.2, 0.25) is 0 Å². The van der Waals surface area contributed by atoms with Crippen molar-refractivity contribution in [1.29, 1.82) is 0 Å². The Balaban J connectivity index is 1.87. The number of amides is 1. The van der Waals surface area contributed by atoms with Crippen LogP contribution < -0.4 is 5.32 Å². The number of likely N-dealkylation sites (tertiary alicyclic amines) is 1. The first kappa shape index (κ1) is 16.3. The molecule has 5 heteroatoms. The fraction of sp³-hybridized carbons (Fsp3) is 0.875. The highest BCUT2D eigenvalue weighted by Gasteiger charge is 2.32. The summed E-state index contributed by atoms with van der Waals surface area (Å²) < 4.78 is 0. The van der Waals surface area contributed by atoms with E-state index in [1.54, 1.807) is 0 Å². The zero-order chi connectivity index (χ0) is 15.4. The number of carboxylic acids is 1. The zero-order valence-electron chi connectivity index (χ0n) is 13.2. The van der Waals surface area contributed by atoms with Crippen LogP contribution in [0, 0.1) is 11.8 Å². The first-order valence-electron chi connectivity index (χ1n) is 8.26. The Morgan fingerprint density at radius 1 is 1.19 bits per heavy atom. The number of aliphatic carboxylic acids is 1. The summed E-state index contributed by atoms with van der Waals surface area (Å²) >= 11 is 0. The summed E-state index contributed by atoms with van der Waals surface area (Å²) in [4.78, 5) is 25.6. The molecular formula is C16H28N2O3. The molecule has 1 amide bonds. The summed E-state index contributed by atoms with van der Waals surface area (Å²) in [5.41, 5.74) is 0. The summed E-state index contributed by atoms with van der Waals surface area (Å²) in [6.07, 6.45) is 6.28. The minimum atomic E-state index is -0.742. The fourth-order valence-corrected chi connectivity index (χ4v) is 3.56. The van der Waals surface area contributed by atoms with Crippen molar-refractivity contribution >= 4 is 11.9 Å². The fourth-order valence-electron chi connectivity index (χ4n) is 3.56. The van der Waals surface area contributed by atoms with Gasteiger partial charge < -0.3 is 10.4 Å². The largest absolute Gasteiger partial charge is 0.481 e. The maximum absolute atomic E-state index is 12.4. The summed E-state index contributed by atoms with van der Waals surface area (Å²) in [6, 6.07) is 0.0510. The normalized spacial score (nSPS) is 32.4. The van der Waals surface area contributed by atoms with Crippen molar-refractivity contribution in [1.82, 2.24) is 10.2 Å². The van der Waals surface area contributed by atoms with Crippen molar-refractivity contribution in [3.63, 3.8) is 0 Å². The number of rotatable bonds is 4. The maximum Gasteiger partial charge on any atom is 0.307 e. The van der Waals surface area contributed by atoms with Gasteiger partial charge in [0.15, 0.2) is 0 Å². The summed E-state index contributed by atoms with van der Waals surface area (Å²) in [7, 11) is 0. The van der Waals surface area contributed by atoms with Gasteiger partial charge in [0.25, 0.3) is 0 Å². The Bertz CT molecular complexity index is 386. The van der Waals surface area contributed by atoms with E-state index in [4.69, 9.17) is 5.11 Å². The van der Waals surface area contributed by atoms with Crippen LogP contribution in [-0.2, 0) is 9.59 Å². The van der Waals surface area contributed by atoms with Gasteiger partial charge in [-0.2, -0.15) is 0 Å². The monoisotopic (exact) mass is 296 g/mol. The van der Waals surface area contributed by atoms with Gasteiger partial charge in [0, 0.05) is 12.6 Å². The minimum absolute atomic E-state index is 0.0554. The molecule has 0 spiro atoms. The molecule has 1 heterocycles. The van der Waals surface area contributed by atoms with Crippen LogP contribution in [0.25, 0.3) is 0 Å². The predicted octanol–water partition coefficient (Wildman–Crippen LogP) is 1.87. The second-order valence-electron chi connectivity index (χ2n) is 6.73. The molecule has 2 fully saturated rings. The van der Waals surface area contributed by atoms with E-state index in [1.807, 2.05) is 11.8 Å². The second kappa shape index (κ2) is 7.25. The molecule has 0 aromatic rings. The van der Waals surface area contributed by atoms with Gasteiger partial charge in [-0.25, -0.2) is 0 Å². The molecule has 0 radical (unpaired) electrons. The molecule has 2 N–H and O–H groups in total. The lowest BCUT2D eigenvalue weighted by Crippen LogP contribution is -2.53. The highest BCUT2D eigenvalue weighted by Crippen LogP contribution is 2.24. The van der Waals surface area contributed by atoms with Crippen molar-refractivity contribution in [3.8, 4) is 0 Å². The molecule has 5 nitrogen and oxygen atoms in total. The minimum Gasteiger partial charge on any atom is -0.481 e. The van der Waals surface area contributed by atoms with Crippen LogP contribution in [0.1, 0.15) is 52.4 Å². The van der Waals surface area contributed by atoms with Gasteiger partial charge in [0.05, 0.1) is 12.0 Å². The van der Waals surface area contributed by atoms with Crippen molar-refractivity contribution in [2.45, 2.75) is 64.5 Å². The number of hydrogen-bond donors (Lipinski definition) is 2. The molecule has 1 aliphatic heterocycles. The van der Waals surface area contributed by atoms with E-state index in [9.17, 15) is 9.59 Å². The average molecular weight is 296 g/mol. The summed E-state index contributed by atoms with van der Waals surface area (Å²) in [6.45, 7) is 5.41. The Morgan fingerprint density at radius 3 is 2.57 bits per heavy atom. The third-order valence-corrected chi connectivity index (χ3v) is 5.17. The van der Waals surface area contributed by atoms with Crippen LogP contribution >= 0.6 is 0 Å². The number of nitrogens with one attached hydrogen (secondary N) is 1. The van der Waals surface area contributed by atoms with E-state index >= 15 is 0 Å². The molecule has 2 rings (SSSR count). The van der Waals surface area contributed by atoms with E-state index in [0.717, 1.165) is 25.8 Å². The molecule has 0 aromatic heterocycles. The first-order chi connectivity index (χ1) is 9.99. The van der Waals surface area contributed by atoms with Gasteiger partial charge in [0.1, 0.15) is 0 Å². The smallest absolute Gasteiger partial charge is 0.307 e. The highest BCUT2D eigenvalue weighted by molar-refractivity contribution is 5.81. The molecule has 21 heavy (non-hydrogen) atoms. The number of hydrogen-bond acceptors (Lipinski definition) is 3. The van der Waals surface area contributed by atoms with E-state index in [0.29, 0.717) is 12.5 Å². The number of carbonyl (C=O) groups is 2. The molecule has 120 valence electrons. The van der Waals surface area contributed by atoms with Gasteiger partial charge in [-0.15, -0.1) is 0 Å². The molecule has 2 aliphatic rings. The zero-order valence-corrected chi connectivity index (χ0v) is 13.2. The number of piperidine rings is 1. The third-order valence-electron chi connectivity index (χ3n) is 5.17. The third kappa shape index (κ3) is 4.19. The van der Waals surface area contributed by atoms with Gasteiger partial charge in [-0.3, -0.25) is 14.5 Å². The molecular weight excluding hydrogens is 268 g/mol. The molecule has 0 bridgehead atoms. The molecule has 1 saturated carbocycles. The van der Waals surface area contributed by atoms with Crippen molar-refractivity contribution in [2.75, 3.05) is 13.1 Å². The average Bonchev–Trinajstić information content (AvgIpc) is 2.49. The van der Waals surface area contributed by atoms with Gasteiger partial charge in [-0.1, -0.05) is 19.8 Å². The maximum atomic E-state index is 12.4. The summed E-state index contributed by atoms with van der Waals surface area (Å²) in [5.74, 6) is -0.473. The molecule has 1 saturated heterocycles. The lowest BCUT2D eigenvalue weighted by molar-refractivity contribution is -0.145. The molecule has 4 atom stereocenters. The van der Waals surface area contributed by atoms with Crippen molar-refractivity contribution in [2.24, 2.45) is 11.8 Å². The SMILES string of the molecule is CC1CCCCC1NC(=O)C(C)N1CCCC(C(=O)O)C1. The Morgan fingerprint density at radius 2 is 1.90 bits per heavy atom. The molecule has 1 aliphatic carbocycles.